The van der Waals surface area contributed by atoms with Gasteiger partial charge in [0, 0.05) is 29.9 Å². The van der Waals surface area contributed by atoms with Gasteiger partial charge in [-0.2, -0.15) is 0 Å². The molecule has 0 bridgehead atoms. The normalized spacial score (nSPS) is 30.0. The van der Waals surface area contributed by atoms with E-state index in [1.165, 1.54) is 17.7 Å². The maximum Gasteiger partial charge on any atom is 0.0670 e. The third kappa shape index (κ3) is 0.721. The van der Waals surface area contributed by atoms with Crippen molar-refractivity contribution in [1.82, 2.24) is 5.32 Å². The Labute approximate surface area is 71.4 Å². The number of allylic oxidation sites excluding steroid dienone is 3. The van der Waals surface area contributed by atoms with Gasteiger partial charge in [0.05, 0.1) is 5.70 Å². The van der Waals surface area contributed by atoms with Crippen LogP contribution in [0.4, 0.5) is 0 Å². The van der Waals surface area contributed by atoms with E-state index in [9.17, 15) is 0 Å². The molecule has 0 amide bonds. The van der Waals surface area contributed by atoms with E-state index >= 15 is 0 Å². The van der Waals surface area contributed by atoms with Crippen molar-refractivity contribution in [2.75, 3.05) is 6.54 Å². The minimum Gasteiger partial charge on any atom is -0.388 e. The van der Waals surface area contributed by atoms with E-state index in [1.807, 2.05) is 6.21 Å². The number of nitrogens with one attached hydrogen (secondary N) is 1. The highest BCUT2D eigenvalue weighted by atomic mass is 14.9. The molecule has 1 fully saturated rings. The van der Waals surface area contributed by atoms with Crippen molar-refractivity contribution in [2.45, 2.75) is 6.42 Å². The van der Waals surface area contributed by atoms with E-state index in [-0.39, 0.29) is 0 Å². The highest BCUT2D eigenvalue weighted by molar-refractivity contribution is 5.81. The first-order chi connectivity index (χ1) is 5.93. The standard InChI is InChI=1S/C10H10N2/c1-3-11-9-6-8-2-4-12-10(8)5-7(1)9/h1,3,5-6,8,12H,2,4H2. The summed E-state index contributed by atoms with van der Waals surface area (Å²) in [6.07, 6.45) is 9.65. The highest BCUT2D eigenvalue weighted by Crippen LogP contribution is 2.32. The summed E-state index contributed by atoms with van der Waals surface area (Å²) in [5.74, 6) is 0.604. The van der Waals surface area contributed by atoms with Crippen LogP contribution in [-0.4, -0.2) is 12.8 Å². The molecule has 2 heterocycles. The lowest BCUT2D eigenvalue weighted by Gasteiger charge is -2.13. The molecular formula is C10H10N2. The molecule has 0 aromatic heterocycles. The zero-order chi connectivity index (χ0) is 7.97. The molecule has 3 aliphatic rings. The van der Waals surface area contributed by atoms with Gasteiger partial charge < -0.3 is 5.32 Å². The van der Waals surface area contributed by atoms with Gasteiger partial charge in [0.25, 0.3) is 0 Å². The molecule has 0 saturated carbocycles. The zero-order valence-electron chi connectivity index (χ0n) is 6.75. The van der Waals surface area contributed by atoms with Crippen molar-refractivity contribution in [3.05, 3.63) is 35.2 Å². The van der Waals surface area contributed by atoms with Gasteiger partial charge >= 0.3 is 0 Å². The molecule has 0 radical (unpaired) electrons. The fourth-order valence-corrected chi connectivity index (χ4v) is 1.97. The Balaban J connectivity index is 2.08. The molecule has 0 spiro atoms. The first-order valence-electron chi connectivity index (χ1n) is 4.35. The lowest BCUT2D eigenvalue weighted by Crippen LogP contribution is -2.09. The van der Waals surface area contributed by atoms with E-state index < -0.39 is 0 Å². The first-order valence-corrected chi connectivity index (χ1v) is 4.35. The van der Waals surface area contributed by atoms with Crippen molar-refractivity contribution >= 4 is 6.21 Å². The number of hydrogen-bond acceptors (Lipinski definition) is 2. The Hall–Kier alpha value is -1.31. The summed E-state index contributed by atoms with van der Waals surface area (Å²) < 4.78 is 0. The predicted octanol–water partition coefficient (Wildman–Crippen LogP) is 1.39. The largest absolute Gasteiger partial charge is 0.388 e. The van der Waals surface area contributed by atoms with E-state index in [4.69, 9.17) is 0 Å². The molecule has 2 heteroatoms. The molecule has 1 atom stereocenters. The number of aliphatic imine (C=N–C) groups is 1. The van der Waals surface area contributed by atoms with Crippen LogP contribution in [0.2, 0.25) is 0 Å². The van der Waals surface area contributed by atoms with Gasteiger partial charge in [-0.15, -0.1) is 0 Å². The van der Waals surface area contributed by atoms with Crippen molar-refractivity contribution < 1.29 is 0 Å². The Morgan fingerprint density at radius 3 is 3.50 bits per heavy atom. The van der Waals surface area contributed by atoms with Crippen LogP contribution in [0.5, 0.6) is 0 Å². The number of hydrogen-bond donors (Lipinski definition) is 1. The molecule has 0 aromatic rings. The number of rotatable bonds is 0. The molecule has 2 nitrogen and oxygen atoms in total. The second-order valence-electron chi connectivity index (χ2n) is 3.37. The van der Waals surface area contributed by atoms with E-state index in [0.29, 0.717) is 5.92 Å². The van der Waals surface area contributed by atoms with Crippen molar-refractivity contribution in [3.8, 4) is 0 Å². The smallest absolute Gasteiger partial charge is 0.0670 e. The van der Waals surface area contributed by atoms with Gasteiger partial charge in [-0.25, -0.2) is 0 Å². The fraction of sp³-hybridized carbons (Fsp3) is 0.300. The van der Waals surface area contributed by atoms with Crippen LogP contribution in [0.15, 0.2) is 40.2 Å². The molecule has 60 valence electrons. The highest BCUT2D eigenvalue weighted by Gasteiger charge is 2.24. The summed E-state index contributed by atoms with van der Waals surface area (Å²) in [6, 6.07) is 0. The van der Waals surface area contributed by atoms with Crippen LogP contribution in [0, 0.1) is 5.92 Å². The Kier molecular flexibility index (Phi) is 1.09. The maximum atomic E-state index is 4.29. The molecule has 2 aliphatic heterocycles. The number of nitrogens with zero attached hydrogens (tertiary/aromatic N) is 1. The minimum atomic E-state index is 0.604. The summed E-state index contributed by atoms with van der Waals surface area (Å²) in [6.45, 7) is 1.11. The van der Waals surface area contributed by atoms with Crippen molar-refractivity contribution in [3.63, 3.8) is 0 Å². The molecule has 1 N–H and O–H groups in total. The van der Waals surface area contributed by atoms with Crippen molar-refractivity contribution in [1.29, 1.82) is 0 Å². The summed E-state index contributed by atoms with van der Waals surface area (Å²) >= 11 is 0. The summed E-state index contributed by atoms with van der Waals surface area (Å²) in [5.41, 5.74) is 3.79. The summed E-state index contributed by atoms with van der Waals surface area (Å²) in [4.78, 5) is 4.29. The number of fused-ring (bicyclic) bond motifs is 2. The van der Waals surface area contributed by atoms with Crippen LogP contribution < -0.4 is 5.32 Å². The van der Waals surface area contributed by atoms with Gasteiger partial charge in [0.2, 0.25) is 0 Å². The maximum absolute atomic E-state index is 4.29. The Morgan fingerprint density at radius 1 is 1.50 bits per heavy atom. The monoisotopic (exact) mass is 158 g/mol. The van der Waals surface area contributed by atoms with Gasteiger partial charge in [0.15, 0.2) is 0 Å². The lowest BCUT2D eigenvalue weighted by atomic mass is 9.95. The third-order valence-electron chi connectivity index (χ3n) is 2.62. The average Bonchev–Trinajstić information content (AvgIpc) is 2.64. The lowest BCUT2D eigenvalue weighted by molar-refractivity contribution is 0.782. The molecule has 0 aromatic carbocycles. The fourth-order valence-electron chi connectivity index (χ4n) is 1.97. The Bertz CT molecular complexity index is 345. The van der Waals surface area contributed by atoms with E-state index in [2.05, 4.69) is 28.5 Å². The quantitative estimate of drug-likeness (QED) is 0.566. The molecule has 1 unspecified atom stereocenters. The molecule has 12 heavy (non-hydrogen) atoms. The van der Waals surface area contributed by atoms with Gasteiger partial charge in [0.1, 0.15) is 0 Å². The molecule has 1 saturated heterocycles. The second kappa shape index (κ2) is 2.09. The second-order valence-corrected chi connectivity index (χ2v) is 3.37. The van der Waals surface area contributed by atoms with Crippen LogP contribution in [0.3, 0.4) is 0 Å². The topological polar surface area (TPSA) is 24.4 Å². The molecular weight excluding hydrogens is 148 g/mol. The molecule has 3 rings (SSSR count). The van der Waals surface area contributed by atoms with Gasteiger partial charge in [-0.1, -0.05) is 0 Å². The van der Waals surface area contributed by atoms with Crippen LogP contribution in [0.1, 0.15) is 6.42 Å². The SMILES string of the molecule is C1=NC2=CC3CCNC3=CC2=C1. The van der Waals surface area contributed by atoms with Crippen LogP contribution >= 0.6 is 0 Å². The Morgan fingerprint density at radius 2 is 2.50 bits per heavy atom. The minimum absolute atomic E-state index is 0.604. The van der Waals surface area contributed by atoms with Crippen molar-refractivity contribution in [2.24, 2.45) is 10.9 Å². The third-order valence-corrected chi connectivity index (χ3v) is 2.62. The molecule has 1 aliphatic carbocycles. The van der Waals surface area contributed by atoms with E-state index in [0.717, 1.165) is 12.2 Å². The predicted molar refractivity (Wildman–Crippen MR) is 48.9 cm³/mol. The summed E-state index contributed by atoms with van der Waals surface area (Å²) in [5, 5.41) is 3.39. The van der Waals surface area contributed by atoms with Crippen LogP contribution in [-0.2, 0) is 0 Å². The first kappa shape index (κ1) is 6.23. The zero-order valence-corrected chi connectivity index (χ0v) is 6.75. The van der Waals surface area contributed by atoms with Crippen LogP contribution in [0.25, 0.3) is 0 Å². The van der Waals surface area contributed by atoms with Gasteiger partial charge in [-0.3, -0.25) is 4.99 Å². The summed E-state index contributed by atoms with van der Waals surface area (Å²) in [7, 11) is 0. The average molecular weight is 158 g/mol. The van der Waals surface area contributed by atoms with E-state index in [1.54, 1.807) is 0 Å². The van der Waals surface area contributed by atoms with Gasteiger partial charge in [-0.05, 0) is 24.6 Å².